The molecule has 2 N–H and O–H groups in total. The van der Waals surface area contributed by atoms with E-state index in [9.17, 15) is 18.4 Å². The van der Waals surface area contributed by atoms with Crippen LogP contribution in [-0.4, -0.2) is 47.9 Å². The first-order valence-corrected chi connectivity index (χ1v) is 10.1. The van der Waals surface area contributed by atoms with E-state index in [2.05, 4.69) is 10.6 Å². The van der Waals surface area contributed by atoms with Crippen LogP contribution < -0.4 is 10.6 Å². The Balaban J connectivity index is 1.65. The molecular weight excluding hydrogens is 384 g/mol. The van der Waals surface area contributed by atoms with Crippen molar-refractivity contribution >= 4 is 35.0 Å². The third kappa shape index (κ3) is 4.81. The lowest BCUT2D eigenvalue weighted by atomic mass is 10.1. The fraction of sp³-hybridized carbons (Fsp3) is 0.300. The maximum atomic E-state index is 13.6. The predicted octanol–water partition coefficient (Wildman–Crippen LogP) is 3.51. The van der Waals surface area contributed by atoms with Gasteiger partial charge in [-0.2, -0.15) is 11.8 Å². The zero-order valence-electron chi connectivity index (χ0n) is 15.4. The van der Waals surface area contributed by atoms with Crippen molar-refractivity contribution < 1.29 is 18.4 Å². The molecule has 2 aromatic carbocycles. The molecule has 1 saturated heterocycles. The molecule has 0 bridgehead atoms. The average molecular weight is 405 g/mol. The van der Waals surface area contributed by atoms with Crippen LogP contribution in [0.4, 0.5) is 20.2 Å². The SMILES string of the molecule is Cc1c(NCC(=O)Nc2cc(F)ccc2F)cccc1C(=O)N1CCSCC1. The lowest BCUT2D eigenvalue weighted by Crippen LogP contribution is -2.38. The first-order chi connectivity index (χ1) is 13.5. The van der Waals surface area contributed by atoms with E-state index in [0.717, 1.165) is 48.4 Å². The number of thioether (sulfide) groups is 1. The lowest BCUT2D eigenvalue weighted by molar-refractivity contribution is -0.114. The van der Waals surface area contributed by atoms with E-state index in [4.69, 9.17) is 0 Å². The van der Waals surface area contributed by atoms with Crippen LogP contribution in [0, 0.1) is 18.6 Å². The van der Waals surface area contributed by atoms with Gasteiger partial charge >= 0.3 is 0 Å². The fourth-order valence-electron chi connectivity index (χ4n) is 2.96. The van der Waals surface area contributed by atoms with Crippen molar-refractivity contribution in [2.24, 2.45) is 0 Å². The molecule has 0 aromatic heterocycles. The van der Waals surface area contributed by atoms with Crippen LogP contribution in [0.1, 0.15) is 15.9 Å². The number of benzene rings is 2. The lowest BCUT2D eigenvalue weighted by Gasteiger charge is -2.27. The largest absolute Gasteiger partial charge is 0.376 e. The number of nitrogens with zero attached hydrogens (tertiary/aromatic N) is 1. The number of hydrogen-bond donors (Lipinski definition) is 2. The molecule has 0 atom stereocenters. The summed E-state index contributed by atoms with van der Waals surface area (Å²) < 4.78 is 26.8. The van der Waals surface area contributed by atoms with E-state index < -0.39 is 17.5 Å². The van der Waals surface area contributed by atoms with Crippen molar-refractivity contribution in [2.45, 2.75) is 6.92 Å². The molecule has 28 heavy (non-hydrogen) atoms. The highest BCUT2D eigenvalue weighted by Gasteiger charge is 2.21. The van der Waals surface area contributed by atoms with Crippen LogP contribution in [0.5, 0.6) is 0 Å². The highest BCUT2D eigenvalue weighted by atomic mass is 32.2. The summed E-state index contributed by atoms with van der Waals surface area (Å²) in [5, 5.41) is 5.30. The summed E-state index contributed by atoms with van der Waals surface area (Å²) in [6.45, 7) is 3.12. The number of carbonyl (C=O) groups is 2. The van der Waals surface area contributed by atoms with E-state index in [0.29, 0.717) is 11.3 Å². The number of hydrogen-bond acceptors (Lipinski definition) is 4. The number of amides is 2. The van der Waals surface area contributed by atoms with Gasteiger partial charge in [-0.3, -0.25) is 9.59 Å². The van der Waals surface area contributed by atoms with Crippen LogP contribution in [0.3, 0.4) is 0 Å². The fourth-order valence-corrected chi connectivity index (χ4v) is 3.86. The molecule has 5 nitrogen and oxygen atoms in total. The van der Waals surface area contributed by atoms with E-state index >= 15 is 0 Å². The zero-order valence-corrected chi connectivity index (χ0v) is 16.2. The smallest absolute Gasteiger partial charge is 0.254 e. The van der Waals surface area contributed by atoms with Gasteiger partial charge in [-0.05, 0) is 36.8 Å². The highest BCUT2D eigenvalue weighted by Crippen LogP contribution is 2.22. The molecule has 2 aromatic rings. The minimum Gasteiger partial charge on any atom is -0.376 e. The number of rotatable bonds is 5. The second-order valence-corrected chi connectivity index (χ2v) is 7.63. The summed E-state index contributed by atoms with van der Waals surface area (Å²) in [6.07, 6.45) is 0. The Labute approximate surface area is 166 Å². The minimum atomic E-state index is -0.710. The van der Waals surface area contributed by atoms with Crippen molar-refractivity contribution in [1.82, 2.24) is 4.90 Å². The van der Waals surface area contributed by atoms with Crippen LogP contribution >= 0.6 is 11.8 Å². The molecule has 0 spiro atoms. The van der Waals surface area contributed by atoms with Crippen LogP contribution in [0.2, 0.25) is 0 Å². The maximum Gasteiger partial charge on any atom is 0.254 e. The first-order valence-electron chi connectivity index (χ1n) is 8.91. The van der Waals surface area contributed by atoms with Gasteiger partial charge in [-0.15, -0.1) is 0 Å². The summed E-state index contributed by atoms with van der Waals surface area (Å²) in [7, 11) is 0. The Hall–Kier alpha value is -2.61. The van der Waals surface area contributed by atoms with E-state index in [-0.39, 0.29) is 18.1 Å². The number of nitrogens with one attached hydrogen (secondary N) is 2. The Morgan fingerprint density at radius 1 is 1.11 bits per heavy atom. The molecule has 0 aliphatic carbocycles. The van der Waals surface area contributed by atoms with Crippen molar-refractivity contribution in [1.29, 1.82) is 0 Å². The van der Waals surface area contributed by atoms with E-state index in [1.54, 1.807) is 18.2 Å². The second-order valence-electron chi connectivity index (χ2n) is 6.41. The number of anilines is 2. The summed E-state index contributed by atoms with van der Waals surface area (Å²) in [4.78, 5) is 26.7. The molecule has 1 fully saturated rings. The van der Waals surface area contributed by atoms with Crippen LogP contribution in [0.25, 0.3) is 0 Å². The number of carbonyl (C=O) groups excluding carboxylic acids is 2. The molecule has 0 unspecified atom stereocenters. The predicted molar refractivity (Wildman–Crippen MR) is 108 cm³/mol. The van der Waals surface area contributed by atoms with Crippen molar-refractivity contribution in [2.75, 3.05) is 41.8 Å². The summed E-state index contributed by atoms with van der Waals surface area (Å²) in [5.74, 6) is -0.0264. The highest BCUT2D eigenvalue weighted by molar-refractivity contribution is 7.99. The van der Waals surface area contributed by atoms with Crippen LogP contribution in [-0.2, 0) is 4.79 Å². The summed E-state index contributed by atoms with van der Waals surface area (Å²) in [6, 6.07) is 8.16. The molecule has 3 rings (SSSR count). The molecule has 1 aliphatic rings. The van der Waals surface area contributed by atoms with Gasteiger partial charge in [0.1, 0.15) is 11.6 Å². The molecular formula is C20H21F2N3O2S. The third-order valence-corrected chi connectivity index (χ3v) is 5.45. The molecule has 0 radical (unpaired) electrons. The van der Waals surface area contributed by atoms with Gasteiger partial charge in [-0.1, -0.05) is 6.07 Å². The normalized spacial score (nSPS) is 13.9. The molecule has 1 aliphatic heterocycles. The van der Waals surface area contributed by atoms with Gasteiger partial charge in [0.15, 0.2) is 0 Å². The Morgan fingerprint density at radius 3 is 2.61 bits per heavy atom. The third-order valence-electron chi connectivity index (χ3n) is 4.50. The average Bonchev–Trinajstić information content (AvgIpc) is 2.70. The number of halogens is 2. The minimum absolute atomic E-state index is 0.0206. The Kier molecular flexibility index (Phi) is 6.51. The monoisotopic (exact) mass is 405 g/mol. The van der Waals surface area contributed by atoms with Gasteiger partial charge in [0.2, 0.25) is 5.91 Å². The van der Waals surface area contributed by atoms with Gasteiger partial charge in [0.25, 0.3) is 5.91 Å². The topological polar surface area (TPSA) is 61.4 Å². The van der Waals surface area contributed by atoms with Gasteiger partial charge < -0.3 is 15.5 Å². The molecule has 148 valence electrons. The van der Waals surface area contributed by atoms with Crippen molar-refractivity contribution in [3.05, 3.63) is 59.2 Å². The summed E-state index contributed by atoms with van der Waals surface area (Å²) >= 11 is 1.83. The van der Waals surface area contributed by atoms with E-state index in [1.807, 2.05) is 23.6 Å². The summed E-state index contributed by atoms with van der Waals surface area (Å²) in [5.41, 5.74) is 1.77. The molecule has 8 heteroatoms. The molecule has 2 amide bonds. The van der Waals surface area contributed by atoms with Gasteiger partial charge in [-0.25, -0.2) is 8.78 Å². The van der Waals surface area contributed by atoms with Gasteiger partial charge in [0.05, 0.1) is 12.2 Å². The Bertz CT molecular complexity index is 886. The molecule has 1 heterocycles. The van der Waals surface area contributed by atoms with Crippen molar-refractivity contribution in [3.8, 4) is 0 Å². The van der Waals surface area contributed by atoms with Crippen molar-refractivity contribution in [3.63, 3.8) is 0 Å². The van der Waals surface area contributed by atoms with E-state index in [1.165, 1.54) is 0 Å². The standard InChI is InChI=1S/C20H21F2N3O2S/c1-13-15(20(27)25-7-9-28-10-8-25)3-2-4-17(13)23-12-19(26)24-18-11-14(21)5-6-16(18)22/h2-6,11,23H,7-10,12H2,1H3,(H,24,26). The Morgan fingerprint density at radius 2 is 1.86 bits per heavy atom. The quantitative estimate of drug-likeness (QED) is 0.799. The van der Waals surface area contributed by atoms with Gasteiger partial charge in [0, 0.05) is 41.9 Å². The molecule has 0 saturated carbocycles. The maximum absolute atomic E-state index is 13.6. The van der Waals surface area contributed by atoms with Crippen LogP contribution in [0.15, 0.2) is 36.4 Å². The zero-order chi connectivity index (χ0) is 20.1. The first kappa shape index (κ1) is 20.1. The second kappa shape index (κ2) is 9.05.